The number of hydrogen-bond acceptors (Lipinski definition) is 8. The SMILES string of the molecule is COC(=O)C(=C\N(C)C)/C(C(=O)OC)=C(\Nc1ccc(C)cc1)C(=O)OC. The third kappa shape index (κ3) is 5.88. The fourth-order valence-electron chi connectivity index (χ4n) is 2.14. The molecule has 0 saturated heterocycles. The van der Waals surface area contributed by atoms with Crippen LogP contribution in [0.15, 0.2) is 47.3 Å². The van der Waals surface area contributed by atoms with Crippen LogP contribution in [-0.4, -0.2) is 58.2 Å². The first kappa shape index (κ1) is 21.8. The van der Waals surface area contributed by atoms with E-state index in [2.05, 4.69) is 5.32 Å². The van der Waals surface area contributed by atoms with Crippen LogP contribution in [0.2, 0.25) is 0 Å². The fraction of sp³-hybridized carbons (Fsp3) is 0.316. The molecule has 0 fully saturated rings. The van der Waals surface area contributed by atoms with Crippen molar-refractivity contribution in [2.75, 3.05) is 40.7 Å². The molecule has 0 radical (unpaired) electrons. The summed E-state index contributed by atoms with van der Waals surface area (Å²) in [7, 11) is 6.80. The van der Waals surface area contributed by atoms with E-state index in [1.807, 2.05) is 19.1 Å². The van der Waals surface area contributed by atoms with Crippen molar-refractivity contribution in [1.82, 2.24) is 4.90 Å². The van der Waals surface area contributed by atoms with Crippen molar-refractivity contribution in [3.05, 3.63) is 52.9 Å². The van der Waals surface area contributed by atoms with E-state index < -0.39 is 17.9 Å². The Bertz CT molecular complexity index is 763. The number of rotatable bonds is 7. The topological polar surface area (TPSA) is 94.2 Å². The van der Waals surface area contributed by atoms with E-state index >= 15 is 0 Å². The maximum absolute atomic E-state index is 12.5. The van der Waals surface area contributed by atoms with Gasteiger partial charge in [0.1, 0.15) is 11.3 Å². The third-order valence-electron chi connectivity index (χ3n) is 3.41. The minimum Gasteiger partial charge on any atom is -0.465 e. The quantitative estimate of drug-likeness (QED) is 0.332. The highest BCUT2D eigenvalue weighted by Gasteiger charge is 2.30. The van der Waals surface area contributed by atoms with Gasteiger partial charge in [0.25, 0.3) is 0 Å². The Hall–Kier alpha value is -3.29. The number of carbonyl (C=O) groups is 3. The van der Waals surface area contributed by atoms with Crippen molar-refractivity contribution in [3.63, 3.8) is 0 Å². The van der Waals surface area contributed by atoms with Gasteiger partial charge in [-0.3, -0.25) is 0 Å². The van der Waals surface area contributed by atoms with Gasteiger partial charge < -0.3 is 24.4 Å². The van der Waals surface area contributed by atoms with Gasteiger partial charge in [-0.05, 0) is 19.1 Å². The minimum atomic E-state index is -0.895. The smallest absolute Gasteiger partial charge is 0.355 e. The van der Waals surface area contributed by atoms with Gasteiger partial charge in [0.2, 0.25) is 0 Å². The number of esters is 3. The maximum atomic E-state index is 12.5. The van der Waals surface area contributed by atoms with Crippen LogP contribution in [0, 0.1) is 6.92 Å². The van der Waals surface area contributed by atoms with Gasteiger partial charge in [-0.15, -0.1) is 0 Å². The number of aryl methyl sites for hydroxylation is 1. The van der Waals surface area contributed by atoms with Crippen molar-refractivity contribution < 1.29 is 28.6 Å². The predicted octanol–water partition coefficient (Wildman–Crippen LogP) is 1.63. The second kappa shape index (κ2) is 10.0. The Kier molecular flexibility index (Phi) is 8.06. The van der Waals surface area contributed by atoms with Gasteiger partial charge in [0, 0.05) is 26.0 Å². The Morgan fingerprint density at radius 2 is 1.41 bits per heavy atom. The van der Waals surface area contributed by atoms with Gasteiger partial charge in [-0.1, -0.05) is 17.7 Å². The first-order chi connectivity index (χ1) is 12.7. The van der Waals surface area contributed by atoms with Gasteiger partial charge >= 0.3 is 17.9 Å². The lowest BCUT2D eigenvalue weighted by molar-refractivity contribution is -0.140. The molecule has 146 valence electrons. The largest absolute Gasteiger partial charge is 0.465 e. The number of methoxy groups -OCH3 is 3. The van der Waals surface area contributed by atoms with Crippen molar-refractivity contribution in [2.24, 2.45) is 0 Å². The number of nitrogens with zero attached hydrogens (tertiary/aromatic N) is 1. The predicted molar refractivity (Wildman–Crippen MR) is 99.6 cm³/mol. The molecule has 0 aliphatic carbocycles. The van der Waals surface area contributed by atoms with E-state index in [-0.39, 0.29) is 16.8 Å². The lowest BCUT2D eigenvalue weighted by Crippen LogP contribution is -2.25. The lowest BCUT2D eigenvalue weighted by Gasteiger charge is -2.17. The molecule has 0 saturated carbocycles. The molecule has 0 aromatic heterocycles. The van der Waals surface area contributed by atoms with Crippen LogP contribution in [0.4, 0.5) is 5.69 Å². The maximum Gasteiger partial charge on any atom is 0.355 e. The van der Waals surface area contributed by atoms with Crippen LogP contribution in [0.1, 0.15) is 5.56 Å². The molecule has 1 N–H and O–H groups in total. The second-order valence-electron chi connectivity index (χ2n) is 5.72. The first-order valence-corrected chi connectivity index (χ1v) is 7.96. The summed E-state index contributed by atoms with van der Waals surface area (Å²) >= 11 is 0. The molecule has 27 heavy (non-hydrogen) atoms. The molecule has 0 bridgehead atoms. The highest BCUT2D eigenvalue weighted by Crippen LogP contribution is 2.22. The lowest BCUT2D eigenvalue weighted by atomic mass is 10.0. The van der Waals surface area contributed by atoms with Crippen molar-refractivity contribution in [1.29, 1.82) is 0 Å². The number of carbonyl (C=O) groups excluding carboxylic acids is 3. The summed E-state index contributed by atoms with van der Waals surface area (Å²) in [5.74, 6) is -2.55. The van der Waals surface area contributed by atoms with E-state index in [4.69, 9.17) is 14.2 Å². The molecule has 8 nitrogen and oxygen atoms in total. The van der Waals surface area contributed by atoms with Gasteiger partial charge in [0.15, 0.2) is 0 Å². The highest BCUT2D eigenvalue weighted by molar-refractivity contribution is 6.12. The van der Waals surface area contributed by atoms with Crippen molar-refractivity contribution >= 4 is 23.6 Å². The number of benzene rings is 1. The first-order valence-electron chi connectivity index (χ1n) is 7.96. The molecule has 1 aromatic carbocycles. The molecule has 0 aliphatic rings. The zero-order valence-electron chi connectivity index (χ0n) is 16.3. The van der Waals surface area contributed by atoms with Crippen LogP contribution in [0.3, 0.4) is 0 Å². The van der Waals surface area contributed by atoms with Gasteiger partial charge in [-0.25, -0.2) is 14.4 Å². The van der Waals surface area contributed by atoms with Crippen LogP contribution >= 0.6 is 0 Å². The molecule has 0 atom stereocenters. The van der Waals surface area contributed by atoms with Crippen LogP contribution in [-0.2, 0) is 28.6 Å². The molecule has 0 aliphatic heterocycles. The van der Waals surface area contributed by atoms with E-state index in [1.165, 1.54) is 25.3 Å². The minimum absolute atomic E-state index is 0.158. The van der Waals surface area contributed by atoms with Gasteiger partial charge in [-0.2, -0.15) is 0 Å². The van der Waals surface area contributed by atoms with Crippen LogP contribution < -0.4 is 5.32 Å². The molecule has 0 unspecified atom stereocenters. The summed E-state index contributed by atoms with van der Waals surface area (Å²) in [4.78, 5) is 38.7. The highest BCUT2D eigenvalue weighted by atomic mass is 16.5. The summed E-state index contributed by atoms with van der Waals surface area (Å²) in [5.41, 5.74) is 0.836. The summed E-state index contributed by atoms with van der Waals surface area (Å²) < 4.78 is 14.3. The van der Waals surface area contributed by atoms with E-state index in [0.29, 0.717) is 5.69 Å². The fourth-order valence-corrected chi connectivity index (χ4v) is 2.14. The zero-order chi connectivity index (χ0) is 20.6. The van der Waals surface area contributed by atoms with Gasteiger partial charge in [0.05, 0.1) is 26.9 Å². The third-order valence-corrected chi connectivity index (χ3v) is 3.41. The molecular formula is C19H24N2O6. The summed E-state index contributed by atoms with van der Waals surface area (Å²) in [6, 6.07) is 7.10. The Morgan fingerprint density at radius 1 is 0.889 bits per heavy atom. The zero-order valence-corrected chi connectivity index (χ0v) is 16.3. The normalized spacial score (nSPS) is 11.9. The standard InChI is InChI=1S/C19H24N2O6/c1-12-7-9-13(10-8-12)20-16(19(24)27-6)15(18(23)26-5)14(11-21(2)3)17(22)25-4/h7-11,20H,1-6H3/b14-11-,16-15+. The number of anilines is 1. The number of ether oxygens (including phenoxy) is 3. The summed E-state index contributed by atoms with van der Waals surface area (Å²) in [6.07, 6.45) is 1.36. The van der Waals surface area contributed by atoms with E-state index in [1.54, 1.807) is 26.2 Å². The molecule has 0 spiro atoms. The Morgan fingerprint density at radius 3 is 1.85 bits per heavy atom. The molecule has 1 rings (SSSR count). The van der Waals surface area contributed by atoms with Crippen molar-refractivity contribution in [3.8, 4) is 0 Å². The van der Waals surface area contributed by atoms with Crippen molar-refractivity contribution in [2.45, 2.75) is 6.92 Å². The molecule has 8 heteroatoms. The summed E-state index contributed by atoms with van der Waals surface area (Å²) in [6.45, 7) is 1.91. The van der Waals surface area contributed by atoms with Crippen LogP contribution in [0.25, 0.3) is 0 Å². The second-order valence-corrected chi connectivity index (χ2v) is 5.72. The number of nitrogens with one attached hydrogen (secondary N) is 1. The van der Waals surface area contributed by atoms with E-state index in [9.17, 15) is 14.4 Å². The molecule has 0 heterocycles. The molecule has 1 aromatic rings. The molecule has 0 amide bonds. The average Bonchev–Trinajstić information content (AvgIpc) is 2.66. The monoisotopic (exact) mass is 376 g/mol. The number of hydrogen-bond donors (Lipinski definition) is 1. The molecular weight excluding hydrogens is 352 g/mol. The summed E-state index contributed by atoms with van der Waals surface area (Å²) in [5, 5.41) is 2.84. The Balaban J connectivity index is 3.70. The van der Waals surface area contributed by atoms with E-state index in [0.717, 1.165) is 12.7 Å². The average molecular weight is 376 g/mol. The van der Waals surface area contributed by atoms with Crippen LogP contribution in [0.5, 0.6) is 0 Å². The Labute approximate surface area is 158 Å².